The molecule has 36 heteroatoms. The van der Waals surface area contributed by atoms with Crippen LogP contribution in [0.15, 0.2) is 12.7 Å². The van der Waals surface area contributed by atoms with Gasteiger partial charge in [0.05, 0.1) is 45.4 Å². The first kappa shape index (κ1) is 54.9. The van der Waals surface area contributed by atoms with Crippen LogP contribution in [0.25, 0.3) is 11.2 Å². The van der Waals surface area contributed by atoms with E-state index in [1.807, 2.05) is 0 Å². The van der Waals surface area contributed by atoms with E-state index < -0.39 is 129 Å². The van der Waals surface area contributed by atoms with Crippen LogP contribution in [0, 0.1) is 5.41 Å². The van der Waals surface area contributed by atoms with E-state index in [9.17, 15) is 67.3 Å². The van der Waals surface area contributed by atoms with Crippen molar-refractivity contribution in [2.24, 2.45) is 11.1 Å². The molecular weight excluding hydrogens is 960 g/mol. The van der Waals surface area contributed by atoms with Crippen molar-refractivity contribution in [1.29, 1.82) is 0 Å². The quantitative estimate of drug-likeness (QED) is 0.0305. The highest BCUT2D eigenvalue weighted by atomic mass is 32.2. The third-order valence-corrected chi connectivity index (χ3v) is 13.2. The fourth-order valence-corrected chi connectivity index (χ4v) is 9.20. The van der Waals surface area contributed by atoms with Gasteiger partial charge >= 0.3 is 31.3 Å². The third-order valence-electron chi connectivity index (χ3n) is 8.11. The van der Waals surface area contributed by atoms with Crippen molar-refractivity contribution in [2.45, 2.75) is 63.1 Å². The van der Waals surface area contributed by atoms with Gasteiger partial charge in [0.25, 0.3) is 0 Å². The Morgan fingerprint density at radius 1 is 0.952 bits per heavy atom. The predicted molar refractivity (Wildman–Crippen MR) is 210 cm³/mol. The Labute approximate surface area is 360 Å². The van der Waals surface area contributed by atoms with Gasteiger partial charge in [0.1, 0.15) is 42.4 Å². The van der Waals surface area contributed by atoms with Crippen molar-refractivity contribution >= 4 is 77.0 Å². The highest BCUT2D eigenvalue weighted by Crippen LogP contribution is 2.61. The van der Waals surface area contributed by atoms with E-state index in [1.54, 1.807) is 0 Å². The lowest BCUT2D eigenvalue weighted by molar-refractivity contribution is -0.137. The number of aromatic nitrogens is 4. The fourth-order valence-electron chi connectivity index (χ4n) is 4.90. The van der Waals surface area contributed by atoms with Gasteiger partial charge in [-0.1, -0.05) is 25.6 Å². The van der Waals surface area contributed by atoms with Gasteiger partial charge in [0, 0.05) is 30.7 Å². The first-order valence-electron chi connectivity index (χ1n) is 17.8. The summed E-state index contributed by atoms with van der Waals surface area (Å²) in [6.45, 7) is -2.28. The van der Waals surface area contributed by atoms with Crippen LogP contribution in [-0.2, 0) is 64.3 Å². The standard InChI is InChI=1S/C27H48N8O23P4S/c1-27(2,21(40)24(41)31-4-3-17(38)30-5-6-63-26(42)15(28)9-53-60(46,47)52-8-14(37)7-36)11-55-62(50,51)58-61(48,49)54-10-16-20(57-59(43,44)45)19(39)25(56-16)35-13-34-18-22(29)32-12-33-23(18)35/h12-16,19-21,25,36-37,39-40H,3-11,28H2,1-2H3,(H,30,38)(H,31,41)(H,46,47)(H,48,49)(H,50,51)(H2,29,32,33)(H2,43,44,45). The Morgan fingerprint density at radius 3 is 2.25 bits per heavy atom. The monoisotopic (exact) mass is 1010 g/mol. The number of aliphatic hydroxyl groups excluding tert-OH is 4. The second-order valence-electron chi connectivity index (χ2n) is 13.7. The van der Waals surface area contributed by atoms with Crippen LogP contribution in [0.3, 0.4) is 0 Å². The van der Waals surface area contributed by atoms with Gasteiger partial charge in [-0.15, -0.1) is 0 Å². The molecule has 2 amide bonds. The van der Waals surface area contributed by atoms with Gasteiger partial charge < -0.3 is 71.7 Å². The minimum absolute atomic E-state index is 0.00624. The molecule has 0 bridgehead atoms. The summed E-state index contributed by atoms with van der Waals surface area (Å²) in [7, 11) is -21.2. The molecule has 0 spiro atoms. The summed E-state index contributed by atoms with van der Waals surface area (Å²) in [6.07, 6.45) is -8.75. The number of hydrogen-bond donors (Lipinski definition) is 13. The van der Waals surface area contributed by atoms with Crippen LogP contribution < -0.4 is 22.1 Å². The van der Waals surface area contributed by atoms with E-state index in [2.05, 4.69) is 43.5 Å². The van der Waals surface area contributed by atoms with E-state index in [0.29, 0.717) is 11.8 Å². The molecule has 360 valence electrons. The maximum atomic E-state index is 12.7. The summed E-state index contributed by atoms with van der Waals surface area (Å²) in [5.74, 6) is -1.72. The van der Waals surface area contributed by atoms with Gasteiger partial charge in [-0.25, -0.2) is 33.2 Å². The normalized spacial score (nSPS) is 22.7. The molecule has 10 unspecified atom stereocenters. The molecule has 1 fully saturated rings. The topological polar surface area (TPSA) is 486 Å². The van der Waals surface area contributed by atoms with E-state index in [4.69, 9.17) is 35.5 Å². The molecule has 31 nitrogen and oxygen atoms in total. The number of rotatable bonds is 27. The first-order valence-corrected chi connectivity index (χ1v) is 24.8. The minimum Gasteiger partial charge on any atom is -0.394 e. The van der Waals surface area contributed by atoms with Crippen LogP contribution in [-0.4, -0.2) is 170 Å². The number of phosphoric ester groups is 4. The van der Waals surface area contributed by atoms with E-state index in [0.717, 1.165) is 17.2 Å². The molecule has 2 aromatic heterocycles. The number of fused-ring (bicyclic) bond motifs is 1. The smallest absolute Gasteiger partial charge is 0.394 e. The number of anilines is 1. The van der Waals surface area contributed by atoms with Crippen molar-refractivity contribution < 1.29 is 109 Å². The van der Waals surface area contributed by atoms with Crippen LogP contribution in [0.1, 0.15) is 26.5 Å². The highest BCUT2D eigenvalue weighted by Gasteiger charge is 2.50. The number of nitrogen functional groups attached to an aromatic ring is 1. The molecule has 63 heavy (non-hydrogen) atoms. The van der Waals surface area contributed by atoms with Gasteiger partial charge in [0.2, 0.25) is 16.9 Å². The van der Waals surface area contributed by atoms with E-state index >= 15 is 0 Å². The molecular formula is C27H48N8O23P4S. The Kier molecular flexibility index (Phi) is 20.3. The average molecular weight is 1010 g/mol. The summed E-state index contributed by atoms with van der Waals surface area (Å²) in [5.41, 5.74) is 9.75. The van der Waals surface area contributed by atoms with E-state index in [1.165, 1.54) is 13.8 Å². The molecule has 3 rings (SSSR count). The fraction of sp³-hybridized carbons (Fsp3) is 0.704. The number of carbonyl (C=O) groups is 3. The third kappa shape index (κ3) is 17.7. The van der Waals surface area contributed by atoms with Crippen molar-refractivity contribution in [3.63, 3.8) is 0 Å². The maximum Gasteiger partial charge on any atom is 0.481 e. The number of amides is 2. The molecule has 0 radical (unpaired) electrons. The van der Waals surface area contributed by atoms with Crippen LogP contribution in [0.4, 0.5) is 5.82 Å². The Balaban J connectivity index is 1.42. The Hall–Kier alpha value is -2.45. The van der Waals surface area contributed by atoms with Crippen molar-refractivity contribution in [2.75, 3.05) is 57.6 Å². The van der Waals surface area contributed by atoms with Gasteiger partial charge in [-0.2, -0.15) is 4.31 Å². The van der Waals surface area contributed by atoms with Crippen molar-refractivity contribution in [3.8, 4) is 0 Å². The Morgan fingerprint density at radius 2 is 1.60 bits per heavy atom. The first-order chi connectivity index (χ1) is 29.1. The molecule has 15 N–H and O–H groups in total. The summed E-state index contributed by atoms with van der Waals surface area (Å²) in [5, 5.41) is 43.4. The molecule has 0 aliphatic carbocycles. The summed E-state index contributed by atoms with van der Waals surface area (Å²) in [6, 6.07) is -1.37. The van der Waals surface area contributed by atoms with Crippen LogP contribution in [0.2, 0.25) is 0 Å². The highest BCUT2D eigenvalue weighted by molar-refractivity contribution is 8.13. The maximum absolute atomic E-state index is 12.7. The number of imidazole rings is 1. The molecule has 1 saturated heterocycles. The number of thioether (sulfide) groups is 1. The number of hydrogen-bond acceptors (Lipinski definition) is 24. The Bertz CT molecular complexity index is 2080. The second kappa shape index (κ2) is 23.3. The number of nitrogens with one attached hydrogen (secondary N) is 2. The number of ether oxygens (including phenoxy) is 1. The molecule has 0 saturated carbocycles. The SMILES string of the molecule is CC(C)(COP(=O)(O)OP(=O)(O)OCC1OC(n2cnc3c(N)ncnc32)C(O)C1OP(=O)(O)O)C(O)C(=O)NCCC(=O)NCCSC(=O)C(N)COP(=O)(O)OCC(O)CO. The lowest BCUT2D eigenvalue weighted by atomic mass is 9.87. The van der Waals surface area contributed by atoms with Crippen molar-refractivity contribution in [3.05, 3.63) is 12.7 Å². The van der Waals surface area contributed by atoms with Crippen LogP contribution >= 0.6 is 43.1 Å². The zero-order valence-corrected chi connectivity index (χ0v) is 37.3. The lowest BCUT2D eigenvalue weighted by Crippen LogP contribution is -2.46. The summed E-state index contributed by atoms with van der Waals surface area (Å²) >= 11 is 0.661. The molecule has 1 aliphatic heterocycles. The molecule has 0 aromatic carbocycles. The van der Waals surface area contributed by atoms with Crippen molar-refractivity contribution in [1.82, 2.24) is 30.2 Å². The van der Waals surface area contributed by atoms with E-state index in [-0.39, 0.29) is 42.2 Å². The van der Waals surface area contributed by atoms with Gasteiger partial charge in [0.15, 0.2) is 17.7 Å². The zero-order valence-electron chi connectivity index (χ0n) is 32.9. The summed E-state index contributed by atoms with van der Waals surface area (Å²) < 4.78 is 82.8. The largest absolute Gasteiger partial charge is 0.481 e. The number of carbonyl (C=O) groups excluding carboxylic acids is 3. The average Bonchev–Trinajstić information content (AvgIpc) is 3.75. The van der Waals surface area contributed by atoms with Crippen LogP contribution in [0.5, 0.6) is 0 Å². The second-order valence-corrected chi connectivity index (χ2v) is 20.5. The van der Waals surface area contributed by atoms with Gasteiger partial charge in [-0.05, 0) is 0 Å². The lowest BCUT2D eigenvalue weighted by Gasteiger charge is -2.30. The number of aliphatic hydroxyl groups is 4. The molecule has 3 heterocycles. The summed E-state index contributed by atoms with van der Waals surface area (Å²) in [4.78, 5) is 97.4. The minimum atomic E-state index is -5.62. The predicted octanol–water partition coefficient (Wildman–Crippen LogP) is -3.52. The van der Waals surface area contributed by atoms with Gasteiger partial charge in [-0.3, -0.25) is 41.6 Å². The molecule has 2 aromatic rings. The number of phosphoric acid groups is 4. The number of nitrogens with zero attached hydrogens (tertiary/aromatic N) is 4. The molecule has 1 aliphatic rings. The molecule has 10 atom stereocenters. The number of nitrogens with two attached hydrogens (primary N) is 2. The zero-order chi connectivity index (χ0) is 47.6.